The third kappa shape index (κ3) is 2.38. The van der Waals surface area contributed by atoms with Crippen molar-refractivity contribution in [3.63, 3.8) is 0 Å². The molecule has 0 radical (unpaired) electrons. The predicted molar refractivity (Wildman–Crippen MR) is 80.5 cm³/mol. The topological polar surface area (TPSA) is 37.8 Å². The van der Waals surface area contributed by atoms with Gasteiger partial charge in [-0.25, -0.2) is 0 Å². The van der Waals surface area contributed by atoms with Crippen LogP contribution in [0.5, 0.6) is 0 Å². The van der Waals surface area contributed by atoms with Crippen LogP contribution < -0.4 is 5.32 Å². The minimum absolute atomic E-state index is 0.0231. The van der Waals surface area contributed by atoms with Crippen LogP contribution in [0.2, 0.25) is 0 Å². The molecule has 1 aromatic carbocycles. The Morgan fingerprint density at radius 2 is 2.17 bits per heavy atom. The first-order valence-corrected chi connectivity index (χ1v) is 8.61. The van der Waals surface area contributed by atoms with Crippen LogP contribution in [0.1, 0.15) is 17.8 Å². The first-order chi connectivity index (χ1) is 8.74. The van der Waals surface area contributed by atoms with Gasteiger partial charge in [0.1, 0.15) is 0 Å². The van der Waals surface area contributed by atoms with Crippen LogP contribution in [-0.4, -0.2) is 22.9 Å². The summed E-state index contributed by atoms with van der Waals surface area (Å²) in [5.74, 6) is 0. The number of rotatable bonds is 3. The van der Waals surface area contributed by atoms with Gasteiger partial charge < -0.3 is 0 Å². The molecule has 1 unspecified atom stereocenters. The van der Waals surface area contributed by atoms with Gasteiger partial charge in [-0.3, -0.25) is 0 Å². The van der Waals surface area contributed by atoms with E-state index in [1.807, 2.05) is 12.1 Å². The van der Waals surface area contributed by atoms with Gasteiger partial charge in [-0.15, -0.1) is 0 Å². The molecule has 0 saturated heterocycles. The van der Waals surface area contributed by atoms with Gasteiger partial charge in [-0.05, 0) is 0 Å². The molecule has 0 aliphatic heterocycles. The SMILES string of the molecule is CC(Nc1cccc2n[se]nc12)c1ccc(Br)s1. The van der Waals surface area contributed by atoms with Crippen LogP contribution in [0.4, 0.5) is 5.69 Å². The third-order valence-electron chi connectivity index (χ3n) is 2.68. The number of thiophene rings is 1. The van der Waals surface area contributed by atoms with Crippen molar-refractivity contribution in [1.29, 1.82) is 0 Å². The molecule has 0 amide bonds. The number of fused-ring (bicyclic) bond motifs is 1. The summed E-state index contributed by atoms with van der Waals surface area (Å²) in [6.07, 6.45) is 0. The number of anilines is 1. The van der Waals surface area contributed by atoms with Crippen LogP contribution in [-0.2, 0) is 0 Å². The summed E-state index contributed by atoms with van der Waals surface area (Å²) < 4.78 is 10.0. The van der Waals surface area contributed by atoms with Gasteiger partial charge in [-0.2, -0.15) is 0 Å². The first-order valence-electron chi connectivity index (χ1n) is 5.47. The number of hydrogen-bond acceptors (Lipinski definition) is 4. The molecule has 0 fully saturated rings. The second-order valence-electron chi connectivity index (χ2n) is 3.95. The number of nitrogens with one attached hydrogen (secondary N) is 1. The monoisotopic (exact) mass is 387 g/mol. The van der Waals surface area contributed by atoms with Crippen molar-refractivity contribution in [3.05, 3.63) is 39.0 Å². The fraction of sp³-hybridized carbons (Fsp3) is 0.167. The molecule has 3 nitrogen and oxygen atoms in total. The first kappa shape index (κ1) is 12.4. The Labute approximate surface area is 124 Å². The molecule has 2 heterocycles. The van der Waals surface area contributed by atoms with Crippen molar-refractivity contribution in [1.82, 2.24) is 7.96 Å². The summed E-state index contributed by atoms with van der Waals surface area (Å²) in [5.41, 5.74) is 3.10. The summed E-state index contributed by atoms with van der Waals surface area (Å²) in [4.78, 5) is 1.31. The number of hydrogen-bond donors (Lipinski definition) is 1. The van der Waals surface area contributed by atoms with Gasteiger partial charge in [0.25, 0.3) is 0 Å². The van der Waals surface area contributed by atoms with E-state index in [-0.39, 0.29) is 21.0 Å². The van der Waals surface area contributed by atoms with Crippen LogP contribution in [0.25, 0.3) is 11.0 Å². The van der Waals surface area contributed by atoms with Crippen molar-refractivity contribution >= 4 is 58.9 Å². The second kappa shape index (κ2) is 5.13. The molecule has 18 heavy (non-hydrogen) atoms. The van der Waals surface area contributed by atoms with Crippen LogP contribution in [0.3, 0.4) is 0 Å². The standard InChI is InChI=1S/C12H10BrN3SSe/c1-7(10-5-6-11(13)17-10)14-8-3-2-4-9-12(8)16-18-15-9/h2-7,14H,1H3. The Bertz CT molecular complexity index is 679. The fourth-order valence-electron chi connectivity index (χ4n) is 1.79. The van der Waals surface area contributed by atoms with Crippen molar-refractivity contribution in [2.45, 2.75) is 13.0 Å². The molecule has 0 aliphatic carbocycles. The molecule has 0 bridgehead atoms. The van der Waals surface area contributed by atoms with Gasteiger partial charge in [0.15, 0.2) is 0 Å². The molecule has 1 atom stereocenters. The van der Waals surface area contributed by atoms with Crippen LogP contribution in [0.15, 0.2) is 34.1 Å². The quantitative estimate of drug-likeness (QED) is 0.697. The summed E-state index contributed by atoms with van der Waals surface area (Å²) in [7, 11) is 0. The summed E-state index contributed by atoms with van der Waals surface area (Å²) in [5, 5.41) is 3.52. The Morgan fingerprint density at radius 3 is 2.94 bits per heavy atom. The average Bonchev–Trinajstić information content (AvgIpc) is 2.97. The molecule has 3 rings (SSSR count). The molecular weight excluding hydrogens is 377 g/mol. The van der Waals surface area contributed by atoms with E-state index in [1.165, 1.54) is 4.88 Å². The molecule has 0 saturated carbocycles. The number of halogens is 1. The van der Waals surface area contributed by atoms with Crippen LogP contribution >= 0.6 is 27.3 Å². The van der Waals surface area contributed by atoms with E-state index in [2.05, 4.69) is 54.3 Å². The van der Waals surface area contributed by atoms with E-state index in [1.54, 1.807) is 11.3 Å². The Hall–Kier alpha value is -0.681. The predicted octanol–water partition coefficient (Wildman–Crippen LogP) is 3.68. The van der Waals surface area contributed by atoms with Gasteiger partial charge in [0, 0.05) is 0 Å². The Kier molecular flexibility index (Phi) is 3.52. The van der Waals surface area contributed by atoms with Crippen molar-refractivity contribution < 1.29 is 0 Å². The van der Waals surface area contributed by atoms with E-state index in [0.717, 1.165) is 20.5 Å². The number of aromatic nitrogens is 2. The fourth-order valence-corrected chi connectivity index (χ4v) is 4.37. The van der Waals surface area contributed by atoms with Gasteiger partial charge in [0.05, 0.1) is 0 Å². The zero-order chi connectivity index (χ0) is 12.5. The van der Waals surface area contributed by atoms with Gasteiger partial charge in [0.2, 0.25) is 0 Å². The minimum atomic E-state index is 0.0231. The maximum absolute atomic E-state index is 4.48. The van der Waals surface area contributed by atoms with E-state index >= 15 is 0 Å². The Morgan fingerprint density at radius 1 is 1.28 bits per heavy atom. The molecular formula is C12H10BrN3SSe. The molecule has 2 aromatic heterocycles. The molecule has 3 aromatic rings. The molecule has 1 N–H and O–H groups in total. The van der Waals surface area contributed by atoms with E-state index in [4.69, 9.17) is 0 Å². The van der Waals surface area contributed by atoms with E-state index in [9.17, 15) is 0 Å². The van der Waals surface area contributed by atoms with Crippen LogP contribution in [0, 0.1) is 0 Å². The van der Waals surface area contributed by atoms with Crippen molar-refractivity contribution in [2.24, 2.45) is 0 Å². The second-order valence-corrected chi connectivity index (χ2v) is 7.55. The zero-order valence-corrected chi connectivity index (χ0v) is 13.7. The van der Waals surface area contributed by atoms with Crippen molar-refractivity contribution in [3.8, 4) is 0 Å². The normalized spacial score (nSPS) is 12.8. The van der Waals surface area contributed by atoms with Gasteiger partial charge >= 0.3 is 124 Å². The number of nitrogens with zero attached hydrogens (tertiary/aromatic N) is 2. The number of benzene rings is 1. The Balaban J connectivity index is 1.90. The average molecular weight is 387 g/mol. The zero-order valence-electron chi connectivity index (χ0n) is 9.55. The van der Waals surface area contributed by atoms with Gasteiger partial charge in [-0.1, -0.05) is 0 Å². The summed E-state index contributed by atoms with van der Waals surface area (Å²) in [6, 6.07) is 10.6. The molecule has 0 spiro atoms. The van der Waals surface area contributed by atoms with Crippen molar-refractivity contribution in [2.75, 3.05) is 5.32 Å². The maximum atomic E-state index is 4.48. The molecule has 92 valence electrons. The van der Waals surface area contributed by atoms with E-state index < -0.39 is 0 Å². The molecule has 0 aliphatic rings. The summed E-state index contributed by atoms with van der Waals surface area (Å²) in [6.45, 7) is 2.16. The molecule has 6 heteroatoms. The third-order valence-corrected chi connectivity index (χ3v) is 5.62. The summed E-state index contributed by atoms with van der Waals surface area (Å²) >= 11 is 5.27. The van der Waals surface area contributed by atoms with E-state index in [0.29, 0.717) is 0 Å².